The molecule has 0 rings (SSSR count). The van der Waals surface area contributed by atoms with Crippen molar-refractivity contribution in [2.75, 3.05) is 25.2 Å². The number of carboxylic acid groups (broad SMARTS) is 1. The van der Waals surface area contributed by atoms with E-state index in [-0.39, 0.29) is 6.54 Å². The highest BCUT2D eigenvalue weighted by atomic mass is 32.2. The number of carbonyl (C=O) groups excluding carboxylic acids is 1. The molecule has 8 heteroatoms. The Morgan fingerprint density at radius 2 is 2.07 bits per heavy atom. The van der Waals surface area contributed by atoms with Crippen molar-refractivity contribution in [2.45, 2.75) is 6.04 Å². The lowest BCUT2D eigenvalue weighted by Crippen LogP contribution is -2.48. The highest BCUT2D eigenvalue weighted by Crippen LogP contribution is 1.82. The number of rotatable bonds is 6. The van der Waals surface area contributed by atoms with Crippen LogP contribution in [0.15, 0.2) is 0 Å². The lowest BCUT2D eigenvalue weighted by Gasteiger charge is -2.12. The van der Waals surface area contributed by atoms with Gasteiger partial charge in [-0.15, -0.1) is 0 Å². The van der Waals surface area contributed by atoms with Crippen molar-refractivity contribution in [3.05, 3.63) is 0 Å². The quantitative estimate of drug-likeness (QED) is 0.432. The van der Waals surface area contributed by atoms with Gasteiger partial charge < -0.3 is 20.8 Å². The third-order valence-corrected chi connectivity index (χ3v) is 2.24. The smallest absolute Gasteiger partial charge is 0.328 e. The molecule has 0 saturated carbocycles. The monoisotopic (exact) mass is 238 g/mol. The van der Waals surface area contributed by atoms with E-state index in [9.17, 15) is 13.8 Å². The number of amides is 2. The number of carboxylic acids is 1. The second-order valence-corrected chi connectivity index (χ2v) is 4.31. The third kappa shape index (κ3) is 6.86. The van der Waals surface area contributed by atoms with Crippen LogP contribution in [0, 0.1) is 0 Å². The number of aliphatic hydroxyl groups excluding tert-OH is 1. The molecule has 0 spiro atoms. The van der Waals surface area contributed by atoms with Gasteiger partial charge in [-0.3, -0.25) is 4.21 Å². The van der Waals surface area contributed by atoms with Crippen LogP contribution in [0.25, 0.3) is 0 Å². The third-order valence-electron chi connectivity index (χ3n) is 1.46. The van der Waals surface area contributed by atoms with E-state index >= 15 is 0 Å². The average Bonchev–Trinajstić information content (AvgIpc) is 2.13. The number of aliphatic carboxylic acids is 1. The van der Waals surface area contributed by atoms with Crippen LogP contribution < -0.4 is 10.6 Å². The summed E-state index contributed by atoms with van der Waals surface area (Å²) >= 11 is 0. The fourth-order valence-electron chi connectivity index (χ4n) is 0.703. The Kier molecular flexibility index (Phi) is 6.63. The van der Waals surface area contributed by atoms with Crippen LogP contribution >= 0.6 is 0 Å². The molecule has 0 aromatic heterocycles. The van der Waals surface area contributed by atoms with E-state index in [0.29, 0.717) is 5.75 Å². The summed E-state index contributed by atoms with van der Waals surface area (Å²) in [4.78, 5) is 21.4. The molecule has 2 amide bonds. The first-order chi connectivity index (χ1) is 6.97. The molecule has 0 aromatic carbocycles. The van der Waals surface area contributed by atoms with E-state index in [0.717, 1.165) is 0 Å². The molecule has 7 nitrogen and oxygen atoms in total. The van der Waals surface area contributed by atoms with E-state index in [1.165, 1.54) is 6.26 Å². The summed E-state index contributed by atoms with van der Waals surface area (Å²) in [6, 6.07) is -2.03. The number of carbonyl (C=O) groups is 2. The van der Waals surface area contributed by atoms with Gasteiger partial charge in [-0.2, -0.15) is 0 Å². The van der Waals surface area contributed by atoms with Gasteiger partial charge in [-0.25, -0.2) is 9.59 Å². The molecule has 0 fully saturated rings. The highest BCUT2D eigenvalue weighted by molar-refractivity contribution is 7.84. The number of hydrogen-bond acceptors (Lipinski definition) is 4. The summed E-state index contributed by atoms with van der Waals surface area (Å²) in [5, 5.41) is 21.4. The zero-order chi connectivity index (χ0) is 11.8. The Morgan fingerprint density at radius 3 is 2.47 bits per heavy atom. The summed E-state index contributed by atoms with van der Waals surface area (Å²) in [6.07, 6.45) is 1.49. The summed E-state index contributed by atoms with van der Waals surface area (Å²) < 4.78 is 10.6. The first kappa shape index (κ1) is 13.8. The first-order valence-electron chi connectivity index (χ1n) is 4.15. The number of aliphatic hydroxyl groups is 1. The summed E-state index contributed by atoms with van der Waals surface area (Å²) in [6.45, 7) is -0.491. The molecule has 0 heterocycles. The van der Waals surface area contributed by atoms with E-state index < -0.39 is 35.4 Å². The molecular weight excluding hydrogens is 224 g/mol. The maximum absolute atomic E-state index is 11.0. The fourth-order valence-corrected chi connectivity index (χ4v) is 1.09. The van der Waals surface area contributed by atoms with Gasteiger partial charge in [0.05, 0.1) is 6.61 Å². The molecule has 0 saturated heterocycles. The minimum atomic E-state index is -1.32. The van der Waals surface area contributed by atoms with E-state index in [2.05, 4.69) is 5.32 Å². The standard InChI is InChI=1S/C7H14N2O5S/c1-15(14)3-2-8-7(13)9-5(4-10)6(11)12/h5,10H,2-4H2,1H3,(H,11,12)(H2,8,9,13)/t5-,15?/m0/s1. The Labute approximate surface area is 89.3 Å². The van der Waals surface area contributed by atoms with Gasteiger partial charge >= 0.3 is 12.0 Å². The van der Waals surface area contributed by atoms with Crippen molar-refractivity contribution in [3.63, 3.8) is 0 Å². The normalized spacial score (nSPS) is 14.0. The summed E-state index contributed by atoms with van der Waals surface area (Å²) in [7, 11) is -1.01. The molecule has 0 aliphatic rings. The number of hydrogen-bond donors (Lipinski definition) is 4. The SMILES string of the molecule is CS(=O)CCNC(=O)N[C@@H](CO)C(=O)O. The summed E-state index contributed by atoms with van der Waals surface area (Å²) in [5.41, 5.74) is 0. The second-order valence-electron chi connectivity index (χ2n) is 2.75. The molecule has 0 aliphatic carbocycles. The number of urea groups is 1. The van der Waals surface area contributed by atoms with Crippen molar-refractivity contribution < 1.29 is 24.0 Å². The minimum absolute atomic E-state index is 0.187. The molecule has 0 aromatic rings. The van der Waals surface area contributed by atoms with Gasteiger partial charge in [0.15, 0.2) is 6.04 Å². The minimum Gasteiger partial charge on any atom is -0.480 e. The van der Waals surface area contributed by atoms with E-state index in [1.54, 1.807) is 0 Å². The Hall–Kier alpha value is -1.15. The molecule has 1 unspecified atom stereocenters. The Bertz CT molecular complexity index is 258. The van der Waals surface area contributed by atoms with Gasteiger partial charge in [0.1, 0.15) is 0 Å². The van der Waals surface area contributed by atoms with Crippen molar-refractivity contribution in [2.24, 2.45) is 0 Å². The molecule has 0 aliphatic heterocycles. The van der Waals surface area contributed by atoms with Crippen LogP contribution in [0.1, 0.15) is 0 Å². The van der Waals surface area contributed by atoms with Crippen LogP contribution in [0.2, 0.25) is 0 Å². The first-order valence-corrected chi connectivity index (χ1v) is 5.88. The summed E-state index contributed by atoms with van der Waals surface area (Å²) in [5.74, 6) is -1.02. The maximum atomic E-state index is 11.0. The lowest BCUT2D eigenvalue weighted by molar-refractivity contribution is -0.140. The van der Waals surface area contributed by atoms with Crippen molar-refractivity contribution in [3.8, 4) is 0 Å². The predicted molar refractivity (Wildman–Crippen MR) is 54.0 cm³/mol. The largest absolute Gasteiger partial charge is 0.480 e. The van der Waals surface area contributed by atoms with Gasteiger partial charge in [-0.05, 0) is 0 Å². The molecule has 0 radical (unpaired) electrons. The van der Waals surface area contributed by atoms with Crippen LogP contribution in [0.3, 0.4) is 0 Å². The molecule has 4 N–H and O–H groups in total. The molecular formula is C7H14N2O5S. The lowest BCUT2D eigenvalue weighted by atomic mass is 10.3. The molecule has 88 valence electrons. The van der Waals surface area contributed by atoms with Gasteiger partial charge in [0.2, 0.25) is 0 Å². The van der Waals surface area contributed by atoms with E-state index in [4.69, 9.17) is 10.2 Å². The van der Waals surface area contributed by atoms with Crippen LogP contribution in [0.4, 0.5) is 4.79 Å². The van der Waals surface area contributed by atoms with Crippen molar-refractivity contribution in [1.82, 2.24) is 10.6 Å². The second kappa shape index (κ2) is 7.18. The van der Waals surface area contributed by atoms with Gasteiger partial charge in [-0.1, -0.05) is 0 Å². The Balaban J connectivity index is 3.81. The van der Waals surface area contributed by atoms with Gasteiger partial charge in [0, 0.05) is 29.4 Å². The molecule has 2 atom stereocenters. The number of nitrogens with one attached hydrogen (secondary N) is 2. The average molecular weight is 238 g/mol. The van der Waals surface area contributed by atoms with Crippen molar-refractivity contribution >= 4 is 22.8 Å². The predicted octanol–water partition coefficient (Wildman–Crippen LogP) is -1.89. The van der Waals surface area contributed by atoms with Crippen molar-refractivity contribution in [1.29, 1.82) is 0 Å². The molecule has 0 bridgehead atoms. The van der Waals surface area contributed by atoms with Crippen LogP contribution in [-0.4, -0.2) is 57.6 Å². The zero-order valence-electron chi connectivity index (χ0n) is 8.23. The fraction of sp³-hybridized carbons (Fsp3) is 0.714. The zero-order valence-corrected chi connectivity index (χ0v) is 9.04. The van der Waals surface area contributed by atoms with Gasteiger partial charge in [0.25, 0.3) is 0 Å². The molecule has 15 heavy (non-hydrogen) atoms. The van der Waals surface area contributed by atoms with Crippen LogP contribution in [-0.2, 0) is 15.6 Å². The van der Waals surface area contributed by atoms with E-state index in [1.807, 2.05) is 5.32 Å². The maximum Gasteiger partial charge on any atom is 0.328 e. The highest BCUT2D eigenvalue weighted by Gasteiger charge is 2.17. The van der Waals surface area contributed by atoms with Crippen LogP contribution in [0.5, 0.6) is 0 Å². The topological polar surface area (TPSA) is 116 Å². The Morgan fingerprint density at radius 1 is 1.47 bits per heavy atom.